The summed E-state index contributed by atoms with van der Waals surface area (Å²) in [6, 6.07) is 27.5. The molecule has 0 spiro atoms. The lowest BCUT2D eigenvalue weighted by Gasteiger charge is -2.16. The van der Waals surface area contributed by atoms with Gasteiger partial charge >= 0.3 is 0 Å². The highest BCUT2D eigenvalue weighted by molar-refractivity contribution is 6.71. The molecule has 1 heterocycles. The number of nitrogens with zero attached hydrogens (tertiary/aromatic N) is 2. The zero-order chi connectivity index (χ0) is 16.5. The minimum Gasteiger partial charge on any atom is -0.365 e. The molecule has 3 aromatic carbocycles. The minimum atomic E-state index is 0.216. The maximum Gasteiger partial charge on any atom is 0.292 e. The second kappa shape index (κ2) is 6.01. The Morgan fingerprint density at radius 3 is 2.25 bits per heavy atom. The van der Waals surface area contributed by atoms with Crippen molar-refractivity contribution in [3.05, 3.63) is 84.4 Å². The second-order valence-corrected chi connectivity index (χ2v) is 6.20. The van der Waals surface area contributed by atoms with E-state index in [-0.39, 0.29) is 6.85 Å². The Morgan fingerprint density at radius 2 is 1.46 bits per heavy atom. The monoisotopic (exact) mass is 310 g/mol. The van der Waals surface area contributed by atoms with Gasteiger partial charge in [0.2, 0.25) is 0 Å². The Bertz CT molecular complexity index is 989. The highest BCUT2D eigenvalue weighted by atomic mass is 15.0. The average Bonchev–Trinajstić information content (AvgIpc) is 3.01. The molecular weight excluding hydrogens is 291 g/mol. The summed E-state index contributed by atoms with van der Waals surface area (Å²) in [7, 11) is 0. The maximum absolute atomic E-state index is 4.95. The summed E-state index contributed by atoms with van der Waals surface area (Å²) in [5.74, 6) is 1.03. The Hall–Kier alpha value is -2.81. The van der Waals surface area contributed by atoms with Crippen molar-refractivity contribution in [1.82, 2.24) is 9.46 Å². The smallest absolute Gasteiger partial charge is 0.292 e. The highest BCUT2D eigenvalue weighted by Crippen LogP contribution is 2.27. The number of imidazole rings is 1. The molecule has 0 fully saturated rings. The fourth-order valence-corrected chi connectivity index (χ4v) is 3.33. The molecule has 0 radical (unpaired) electrons. The molecule has 0 amide bonds. The molecule has 2 nitrogen and oxygen atoms in total. The molecule has 0 saturated heterocycles. The zero-order valence-corrected chi connectivity index (χ0v) is 14.0. The van der Waals surface area contributed by atoms with Gasteiger partial charge in [-0.3, -0.25) is 0 Å². The van der Waals surface area contributed by atoms with Gasteiger partial charge in [-0.15, -0.1) is 0 Å². The molecular formula is C21H19BN2. The SMILES string of the molecule is CB(c1ccccc1)n1c(-c2ccccc2C)nc2ccccc21. The van der Waals surface area contributed by atoms with Gasteiger partial charge in [-0.2, -0.15) is 0 Å². The van der Waals surface area contributed by atoms with Crippen LogP contribution < -0.4 is 5.46 Å². The summed E-state index contributed by atoms with van der Waals surface area (Å²) >= 11 is 0. The van der Waals surface area contributed by atoms with Crippen LogP contribution in [-0.2, 0) is 0 Å². The number of hydrogen-bond donors (Lipinski definition) is 0. The van der Waals surface area contributed by atoms with Crippen molar-refractivity contribution in [2.75, 3.05) is 0 Å². The van der Waals surface area contributed by atoms with E-state index >= 15 is 0 Å². The number of para-hydroxylation sites is 2. The van der Waals surface area contributed by atoms with Crippen LogP contribution in [0.25, 0.3) is 22.4 Å². The van der Waals surface area contributed by atoms with E-state index in [0.29, 0.717) is 0 Å². The number of fused-ring (bicyclic) bond motifs is 1. The number of aromatic nitrogens is 2. The maximum atomic E-state index is 4.95. The van der Waals surface area contributed by atoms with Crippen molar-refractivity contribution < 1.29 is 0 Å². The van der Waals surface area contributed by atoms with Crippen LogP contribution in [0, 0.1) is 6.92 Å². The normalized spacial score (nSPS) is 10.9. The summed E-state index contributed by atoms with van der Waals surface area (Å²) in [5.41, 5.74) is 5.94. The minimum absolute atomic E-state index is 0.216. The first-order valence-corrected chi connectivity index (χ1v) is 8.33. The van der Waals surface area contributed by atoms with Gasteiger partial charge in [0, 0.05) is 5.56 Å². The molecule has 0 N–H and O–H groups in total. The second-order valence-electron chi connectivity index (χ2n) is 6.20. The fourth-order valence-electron chi connectivity index (χ4n) is 3.33. The van der Waals surface area contributed by atoms with Crippen molar-refractivity contribution in [3.63, 3.8) is 0 Å². The van der Waals surface area contributed by atoms with Crippen LogP contribution in [0.5, 0.6) is 0 Å². The van der Waals surface area contributed by atoms with E-state index in [2.05, 4.69) is 97.1 Å². The Morgan fingerprint density at radius 1 is 0.792 bits per heavy atom. The lowest BCUT2D eigenvalue weighted by Crippen LogP contribution is -2.35. The highest BCUT2D eigenvalue weighted by Gasteiger charge is 2.21. The van der Waals surface area contributed by atoms with Gasteiger partial charge in [-0.25, -0.2) is 4.98 Å². The molecule has 116 valence electrons. The Balaban J connectivity index is 1.99. The largest absolute Gasteiger partial charge is 0.365 e. The van der Waals surface area contributed by atoms with Crippen molar-refractivity contribution in [1.29, 1.82) is 0 Å². The zero-order valence-electron chi connectivity index (χ0n) is 14.0. The first-order valence-electron chi connectivity index (χ1n) is 8.33. The molecule has 0 aliphatic carbocycles. The van der Waals surface area contributed by atoms with Crippen molar-refractivity contribution in [3.8, 4) is 11.4 Å². The third-order valence-corrected chi connectivity index (χ3v) is 4.65. The predicted molar refractivity (Wildman–Crippen MR) is 103 cm³/mol. The van der Waals surface area contributed by atoms with E-state index in [1.165, 1.54) is 22.1 Å². The van der Waals surface area contributed by atoms with Gasteiger partial charge in [0.25, 0.3) is 6.85 Å². The van der Waals surface area contributed by atoms with Crippen LogP contribution in [0.2, 0.25) is 6.82 Å². The van der Waals surface area contributed by atoms with Gasteiger partial charge in [-0.05, 0) is 24.6 Å². The van der Waals surface area contributed by atoms with Gasteiger partial charge < -0.3 is 4.48 Å². The van der Waals surface area contributed by atoms with Crippen molar-refractivity contribution in [2.24, 2.45) is 0 Å². The first-order chi connectivity index (χ1) is 11.8. The third-order valence-electron chi connectivity index (χ3n) is 4.65. The summed E-state index contributed by atoms with van der Waals surface area (Å²) in [6.07, 6.45) is 0. The lowest BCUT2D eigenvalue weighted by molar-refractivity contribution is 1.20. The average molecular weight is 310 g/mol. The molecule has 24 heavy (non-hydrogen) atoms. The molecule has 0 bridgehead atoms. The van der Waals surface area contributed by atoms with Crippen LogP contribution >= 0.6 is 0 Å². The number of aryl methyl sites for hydroxylation is 1. The summed E-state index contributed by atoms with van der Waals surface area (Å²) in [5, 5.41) is 0. The Kier molecular flexibility index (Phi) is 3.70. The van der Waals surface area contributed by atoms with Crippen LogP contribution in [0.15, 0.2) is 78.9 Å². The van der Waals surface area contributed by atoms with Gasteiger partial charge in [0.1, 0.15) is 5.82 Å². The van der Waals surface area contributed by atoms with E-state index in [4.69, 9.17) is 4.98 Å². The number of rotatable bonds is 3. The molecule has 4 rings (SSSR count). The molecule has 0 atom stereocenters. The summed E-state index contributed by atoms with van der Waals surface area (Å²) in [4.78, 5) is 4.95. The molecule has 3 heteroatoms. The molecule has 0 aliphatic heterocycles. The van der Waals surface area contributed by atoms with Gasteiger partial charge in [0.05, 0.1) is 11.0 Å². The summed E-state index contributed by atoms with van der Waals surface area (Å²) in [6.45, 7) is 4.60. The predicted octanol–water partition coefficient (Wildman–Crippen LogP) is 4.39. The molecule has 0 aliphatic rings. The van der Waals surface area contributed by atoms with E-state index in [1.54, 1.807) is 0 Å². The first kappa shape index (κ1) is 14.8. The number of hydrogen-bond acceptors (Lipinski definition) is 1. The van der Waals surface area contributed by atoms with Crippen LogP contribution in [-0.4, -0.2) is 16.3 Å². The van der Waals surface area contributed by atoms with Crippen molar-refractivity contribution >= 4 is 23.3 Å². The quantitative estimate of drug-likeness (QED) is 0.513. The molecule has 4 aromatic rings. The molecule has 0 unspecified atom stereocenters. The van der Waals surface area contributed by atoms with Crippen LogP contribution in [0.4, 0.5) is 0 Å². The van der Waals surface area contributed by atoms with E-state index < -0.39 is 0 Å². The Labute approximate surface area is 142 Å². The van der Waals surface area contributed by atoms with Crippen molar-refractivity contribution in [2.45, 2.75) is 13.7 Å². The summed E-state index contributed by atoms with van der Waals surface area (Å²) < 4.78 is 2.35. The third kappa shape index (κ3) is 2.42. The van der Waals surface area contributed by atoms with Crippen LogP contribution in [0.3, 0.4) is 0 Å². The lowest BCUT2D eigenvalue weighted by atomic mass is 9.58. The fraction of sp³-hybridized carbons (Fsp3) is 0.0952. The van der Waals surface area contributed by atoms with Gasteiger partial charge in [0.15, 0.2) is 0 Å². The topological polar surface area (TPSA) is 17.8 Å². The van der Waals surface area contributed by atoms with E-state index in [0.717, 1.165) is 11.3 Å². The van der Waals surface area contributed by atoms with Gasteiger partial charge in [-0.1, -0.05) is 79.0 Å². The van der Waals surface area contributed by atoms with E-state index in [1.807, 2.05) is 0 Å². The molecule has 1 aromatic heterocycles. The van der Waals surface area contributed by atoms with Crippen LogP contribution in [0.1, 0.15) is 5.56 Å². The standard InChI is InChI=1S/C21H19BN2/c1-16-10-6-7-13-18(16)21-23-19-14-8-9-15-20(19)24(21)22(2)17-11-4-3-5-12-17/h3-15H,1-2H3. The molecule has 0 saturated carbocycles. The van der Waals surface area contributed by atoms with E-state index in [9.17, 15) is 0 Å². The number of benzene rings is 3.